The first kappa shape index (κ1) is 25.9. The number of halogens is 5. The Morgan fingerprint density at radius 1 is 1.18 bits per heavy atom. The predicted molar refractivity (Wildman–Crippen MR) is 125 cm³/mol. The van der Waals surface area contributed by atoms with Crippen molar-refractivity contribution >= 4 is 34.6 Å². The number of carbonyl (C=O) groups excluding carboxylic acids is 3. The molecule has 38 heavy (non-hydrogen) atoms. The van der Waals surface area contributed by atoms with Crippen LogP contribution in [0, 0.1) is 12.7 Å². The zero-order valence-electron chi connectivity index (χ0n) is 19.8. The minimum atomic E-state index is -3.09. The van der Waals surface area contributed by atoms with Gasteiger partial charge in [0.05, 0.1) is 16.8 Å². The number of nitrogens with one attached hydrogen (secondary N) is 2. The number of aromatic nitrogens is 3. The monoisotopic (exact) mass is 553 g/mol. The summed E-state index contributed by atoms with van der Waals surface area (Å²) in [5.74, 6) is -7.01. The molecule has 2 aliphatic rings. The summed E-state index contributed by atoms with van der Waals surface area (Å²) in [6.45, 7) is 1.80. The average Bonchev–Trinajstić information content (AvgIpc) is 3.56. The number of hydrogen-bond donors (Lipinski definition) is 2. The number of Topliss-reactive ketones (excluding diaryl/α,β-unsaturated/α-hetero) is 1. The van der Waals surface area contributed by atoms with Crippen LogP contribution in [0.1, 0.15) is 68.4 Å². The summed E-state index contributed by atoms with van der Waals surface area (Å²) in [6, 6.07) is 2.77. The highest BCUT2D eigenvalue weighted by Gasteiger charge is 2.60. The van der Waals surface area contributed by atoms with Gasteiger partial charge in [0.2, 0.25) is 0 Å². The molecule has 0 atom stereocenters. The van der Waals surface area contributed by atoms with Crippen LogP contribution in [-0.2, 0) is 23.3 Å². The summed E-state index contributed by atoms with van der Waals surface area (Å²) in [5, 5.41) is 12.5. The van der Waals surface area contributed by atoms with E-state index in [9.17, 15) is 36.3 Å². The van der Waals surface area contributed by atoms with Gasteiger partial charge in [0.15, 0.2) is 0 Å². The number of fused-ring (bicyclic) bond motifs is 1. The Morgan fingerprint density at radius 3 is 2.55 bits per heavy atom. The molecule has 5 rings (SSSR count). The van der Waals surface area contributed by atoms with Crippen molar-refractivity contribution in [1.29, 1.82) is 0 Å². The average molecular weight is 554 g/mol. The lowest BCUT2D eigenvalue weighted by molar-refractivity contribution is -0.147. The van der Waals surface area contributed by atoms with Gasteiger partial charge < -0.3 is 15.2 Å². The van der Waals surface area contributed by atoms with Crippen LogP contribution in [0.15, 0.2) is 23.7 Å². The lowest BCUT2D eigenvalue weighted by Gasteiger charge is -2.45. The third-order valence-electron chi connectivity index (χ3n) is 6.79. The Labute approximate surface area is 216 Å². The van der Waals surface area contributed by atoms with Crippen LogP contribution in [0.2, 0.25) is 0 Å². The summed E-state index contributed by atoms with van der Waals surface area (Å²) in [4.78, 5) is 39.5. The second kappa shape index (κ2) is 9.26. The second-order valence-electron chi connectivity index (χ2n) is 9.36. The van der Waals surface area contributed by atoms with E-state index in [1.165, 1.54) is 17.0 Å². The molecule has 2 N–H and O–H groups in total. The van der Waals surface area contributed by atoms with Crippen molar-refractivity contribution in [3.63, 3.8) is 0 Å². The van der Waals surface area contributed by atoms with Crippen molar-refractivity contribution in [1.82, 2.24) is 20.1 Å². The van der Waals surface area contributed by atoms with E-state index in [0.29, 0.717) is 25.1 Å². The molecule has 1 aliphatic heterocycles. The normalized spacial score (nSPS) is 17.1. The molecule has 1 saturated carbocycles. The third kappa shape index (κ3) is 4.36. The molecule has 0 radical (unpaired) electrons. The fourth-order valence-electron chi connectivity index (χ4n) is 5.18. The Balaban J connectivity index is 1.43. The van der Waals surface area contributed by atoms with E-state index >= 15 is 0 Å². The molecule has 1 aliphatic carbocycles. The largest absolute Gasteiger partial charge is 0.341 e. The Kier molecular flexibility index (Phi) is 6.32. The van der Waals surface area contributed by atoms with E-state index in [1.54, 1.807) is 0 Å². The molecule has 14 heteroatoms. The zero-order valence-corrected chi connectivity index (χ0v) is 20.6. The number of anilines is 1. The minimum Gasteiger partial charge on any atom is -0.341 e. The van der Waals surface area contributed by atoms with E-state index in [0.717, 1.165) is 29.5 Å². The van der Waals surface area contributed by atoms with E-state index in [-0.39, 0.29) is 27.5 Å². The van der Waals surface area contributed by atoms with Crippen LogP contribution >= 0.6 is 11.3 Å². The summed E-state index contributed by atoms with van der Waals surface area (Å²) < 4.78 is 69.0. The molecular formula is C24H20F5N5O3S. The first-order valence-corrected chi connectivity index (χ1v) is 12.4. The van der Waals surface area contributed by atoms with Gasteiger partial charge in [-0.3, -0.25) is 14.4 Å². The van der Waals surface area contributed by atoms with E-state index < -0.39 is 59.7 Å². The number of alkyl halides is 4. The van der Waals surface area contributed by atoms with Crippen LogP contribution in [-0.4, -0.2) is 38.3 Å². The molecule has 0 saturated heterocycles. The molecule has 200 valence electrons. The fourth-order valence-corrected chi connectivity index (χ4v) is 5.89. The van der Waals surface area contributed by atoms with Gasteiger partial charge in [-0.1, -0.05) is 0 Å². The zero-order chi connectivity index (χ0) is 27.4. The van der Waals surface area contributed by atoms with Crippen molar-refractivity contribution in [3.8, 4) is 0 Å². The van der Waals surface area contributed by atoms with Crippen LogP contribution < -0.4 is 10.6 Å². The van der Waals surface area contributed by atoms with Gasteiger partial charge >= 0.3 is 0 Å². The molecule has 1 aromatic carbocycles. The topological polar surface area (TPSA) is 106 Å². The highest BCUT2D eigenvalue weighted by molar-refractivity contribution is 7.09. The molecule has 1 fully saturated rings. The van der Waals surface area contributed by atoms with Gasteiger partial charge in [-0.15, -0.1) is 21.5 Å². The number of hydrogen-bond acceptors (Lipinski definition) is 6. The van der Waals surface area contributed by atoms with Crippen LogP contribution in [0.4, 0.5) is 27.6 Å². The number of ketones is 1. The van der Waals surface area contributed by atoms with Crippen LogP contribution in [0.3, 0.4) is 0 Å². The molecule has 0 bridgehead atoms. The van der Waals surface area contributed by atoms with Gasteiger partial charge in [0.25, 0.3) is 29.9 Å². The van der Waals surface area contributed by atoms with E-state index in [2.05, 4.69) is 20.8 Å². The number of carbonyl (C=O) groups is 3. The minimum absolute atomic E-state index is 0.0639. The van der Waals surface area contributed by atoms with Crippen LogP contribution in [0.5, 0.6) is 0 Å². The number of amides is 2. The van der Waals surface area contributed by atoms with Crippen molar-refractivity contribution in [2.75, 3.05) is 5.32 Å². The number of rotatable bonds is 7. The van der Waals surface area contributed by atoms with E-state index in [1.807, 2.05) is 0 Å². The van der Waals surface area contributed by atoms with Crippen molar-refractivity contribution in [2.24, 2.45) is 0 Å². The number of benzene rings is 1. The molecule has 8 nitrogen and oxygen atoms in total. The first-order chi connectivity index (χ1) is 17.9. The molecule has 3 heterocycles. The van der Waals surface area contributed by atoms with Gasteiger partial charge in [-0.2, -0.15) is 0 Å². The fraction of sp³-hybridized carbons (Fsp3) is 0.375. The molecule has 2 amide bonds. The van der Waals surface area contributed by atoms with Gasteiger partial charge in [-0.05, 0) is 43.5 Å². The highest BCUT2D eigenvalue weighted by atomic mass is 32.1. The molecule has 0 unspecified atom stereocenters. The van der Waals surface area contributed by atoms with Gasteiger partial charge in [-0.25, -0.2) is 22.0 Å². The predicted octanol–water partition coefficient (Wildman–Crippen LogP) is 4.55. The van der Waals surface area contributed by atoms with Crippen molar-refractivity contribution in [3.05, 3.63) is 62.6 Å². The Bertz CT molecular complexity index is 1450. The molecule has 2 aromatic heterocycles. The molecule has 3 aromatic rings. The Morgan fingerprint density at radius 2 is 1.92 bits per heavy atom. The lowest BCUT2D eigenvalue weighted by atomic mass is 9.73. The first-order valence-electron chi connectivity index (χ1n) is 11.5. The third-order valence-corrected chi connectivity index (χ3v) is 7.69. The highest BCUT2D eigenvalue weighted by Crippen LogP contribution is 2.52. The maximum absolute atomic E-state index is 13.8. The summed E-state index contributed by atoms with van der Waals surface area (Å²) in [5.41, 5.74) is -0.459. The summed E-state index contributed by atoms with van der Waals surface area (Å²) >= 11 is 0.982. The Hall–Kier alpha value is -3.68. The van der Waals surface area contributed by atoms with Crippen LogP contribution in [0.25, 0.3) is 0 Å². The quantitative estimate of drug-likeness (QED) is 0.254. The smallest absolute Gasteiger partial charge is 0.294 e. The van der Waals surface area contributed by atoms with Crippen molar-refractivity contribution < 1.29 is 36.3 Å². The molecular weight excluding hydrogens is 533 g/mol. The summed E-state index contributed by atoms with van der Waals surface area (Å²) in [7, 11) is 0. The lowest BCUT2D eigenvalue weighted by Crippen LogP contribution is -2.61. The van der Waals surface area contributed by atoms with E-state index in [4.69, 9.17) is 0 Å². The standard InChI is InChI=1S/C24H20F5N5O3S/c1-11-16(20(36)31-12-4-5-14(25)13(7-12)19(26)27)15-3-2-6-34(15)17(11)18(35)21(37)32-23(8-24(28,29)9-23)22-33-30-10-38-22/h4-5,7,10,19H,2-3,6,8-9H2,1H3,(H,31,36)(H,32,37). The molecule has 0 spiro atoms. The summed E-state index contributed by atoms with van der Waals surface area (Å²) in [6.07, 6.45) is -3.57. The number of nitrogens with zero attached hydrogens (tertiary/aromatic N) is 3. The maximum atomic E-state index is 13.8. The SMILES string of the molecule is Cc1c(C(=O)Nc2ccc(F)c(C(F)F)c2)c2n(c1C(=O)C(=O)NC1(c3nncs3)CC(F)(F)C1)CCC2. The van der Waals surface area contributed by atoms with Gasteiger partial charge in [0, 0.05) is 30.8 Å². The van der Waals surface area contributed by atoms with Crippen molar-refractivity contribution in [2.45, 2.75) is 57.0 Å². The maximum Gasteiger partial charge on any atom is 0.294 e. The van der Waals surface area contributed by atoms with Gasteiger partial charge in [0.1, 0.15) is 21.9 Å². The second-order valence-corrected chi connectivity index (χ2v) is 10.2.